The number of hydrogen-bond donors (Lipinski definition) is 3. The van der Waals surface area contributed by atoms with Gasteiger partial charge in [0.15, 0.2) is 11.0 Å². The van der Waals surface area contributed by atoms with Crippen LogP contribution < -0.4 is 5.32 Å². The number of aromatic nitrogens is 5. The van der Waals surface area contributed by atoms with Crippen molar-refractivity contribution >= 4 is 50.1 Å². The molecule has 0 saturated heterocycles. The largest absolute Gasteiger partial charge is 0.514 e. The predicted octanol–water partition coefficient (Wildman–Crippen LogP) is 4.36. The molecule has 4 aromatic rings. The Morgan fingerprint density at radius 1 is 1.14 bits per heavy atom. The van der Waals surface area contributed by atoms with Gasteiger partial charge >= 0.3 is 0 Å². The van der Waals surface area contributed by atoms with E-state index in [0.717, 1.165) is 23.6 Å². The number of thioether (sulfide) groups is 1. The molecule has 2 aromatic heterocycles. The summed E-state index contributed by atoms with van der Waals surface area (Å²) < 4.78 is 34.2. The topological polar surface area (TPSA) is 147 Å². The van der Waals surface area contributed by atoms with E-state index in [1.807, 2.05) is 0 Å². The van der Waals surface area contributed by atoms with Crippen LogP contribution in [0.4, 0.5) is 9.52 Å². The number of anilines is 1. The van der Waals surface area contributed by atoms with E-state index in [2.05, 4.69) is 25.7 Å². The van der Waals surface area contributed by atoms with E-state index in [4.69, 9.17) is 4.78 Å². The number of amides is 1. The van der Waals surface area contributed by atoms with E-state index in [0.29, 0.717) is 31.6 Å². The quantitative estimate of drug-likeness (QED) is 0.225. The first kappa shape index (κ1) is 24.5. The summed E-state index contributed by atoms with van der Waals surface area (Å²) in [5.74, 6) is -0.375. The van der Waals surface area contributed by atoms with E-state index in [1.165, 1.54) is 52.6 Å². The second kappa shape index (κ2) is 10.3. The van der Waals surface area contributed by atoms with Crippen molar-refractivity contribution in [3.8, 4) is 22.0 Å². The standard InChI is InChI=1S/C21H18FN7O3S3/c1-35(23,32)16-8-4-14(5-9-16)19-26-27-20(34-19)24-17(31)12-33-21-28-25-18(29(21)10-11-30)13-2-6-15(22)7-3-13/h2-11,23,30H,12H2,1H3,(H,24,27,31)/b11-10+. The molecule has 0 spiro atoms. The molecule has 3 N–H and O–H groups in total. The highest BCUT2D eigenvalue weighted by atomic mass is 32.2. The summed E-state index contributed by atoms with van der Waals surface area (Å²) in [6.07, 6.45) is 3.50. The van der Waals surface area contributed by atoms with Gasteiger partial charge in [0.25, 0.3) is 0 Å². The fourth-order valence-corrected chi connectivity index (χ4v) is 5.04. The molecule has 10 nitrogen and oxygen atoms in total. The maximum atomic E-state index is 13.2. The number of hydrogen-bond acceptors (Lipinski definition) is 10. The molecule has 1 amide bonds. The van der Waals surface area contributed by atoms with Gasteiger partial charge in [0.05, 0.1) is 21.7 Å². The molecule has 0 fully saturated rings. The molecule has 1 atom stereocenters. The van der Waals surface area contributed by atoms with E-state index in [-0.39, 0.29) is 17.5 Å². The van der Waals surface area contributed by atoms with Gasteiger partial charge in [-0.05, 0) is 36.4 Å². The first-order valence-corrected chi connectivity index (χ1v) is 13.6. The van der Waals surface area contributed by atoms with Crippen LogP contribution in [0.2, 0.25) is 0 Å². The third kappa shape index (κ3) is 5.90. The Balaban J connectivity index is 1.41. The SMILES string of the molecule is CS(=N)(=O)c1ccc(-c2nnc(NC(=O)CSc3nnc(-c4ccc(F)cc4)n3/C=C/O)s2)cc1. The maximum Gasteiger partial charge on any atom is 0.236 e. The number of benzene rings is 2. The smallest absolute Gasteiger partial charge is 0.236 e. The number of halogens is 1. The van der Waals surface area contributed by atoms with Crippen molar-refractivity contribution < 1.29 is 18.5 Å². The average Bonchev–Trinajstić information content (AvgIpc) is 3.45. The molecule has 2 aromatic carbocycles. The highest BCUT2D eigenvalue weighted by molar-refractivity contribution is 7.99. The number of aliphatic hydroxyl groups is 1. The number of nitrogens with one attached hydrogen (secondary N) is 2. The Bertz CT molecular complexity index is 1480. The van der Waals surface area contributed by atoms with Crippen LogP contribution in [0, 0.1) is 10.6 Å². The number of nitrogens with zero attached hydrogens (tertiary/aromatic N) is 5. The summed E-state index contributed by atoms with van der Waals surface area (Å²) in [6, 6.07) is 12.3. The number of rotatable bonds is 8. The molecule has 2 heterocycles. The Labute approximate surface area is 207 Å². The Morgan fingerprint density at radius 2 is 1.83 bits per heavy atom. The molecule has 0 bridgehead atoms. The molecule has 180 valence electrons. The average molecular weight is 532 g/mol. The molecular formula is C21H18FN7O3S3. The minimum absolute atomic E-state index is 0.0151. The second-order valence-electron chi connectivity index (χ2n) is 7.10. The van der Waals surface area contributed by atoms with Gasteiger partial charge in [-0.3, -0.25) is 14.7 Å². The van der Waals surface area contributed by atoms with Crippen molar-refractivity contribution in [3.63, 3.8) is 0 Å². The fourth-order valence-electron chi connectivity index (χ4n) is 2.91. The van der Waals surface area contributed by atoms with Gasteiger partial charge < -0.3 is 5.11 Å². The number of carbonyl (C=O) groups is 1. The van der Waals surface area contributed by atoms with Gasteiger partial charge in [-0.25, -0.2) is 13.4 Å². The maximum absolute atomic E-state index is 13.2. The first-order valence-electron chi connectivity index (χ1n) is 9.86. The normalized spacial score (nSPS) is 13.1. The monoisotopic (exact) mass is 531 g/mol. The van der Waals surface area contributed by atoms with Gasteiger partial charge in [-0.1, -0.05) is 35.2 Å². The molecule has 14 heteroatoms. The zero-order valence-corrected chi connectivity index (χ0v) is 20.5. The lowest BCUT2D eigenvalue weighted by atomic mass is 10.2. The van der Waals surface area contributed by atoms with Crippen LogP contribution >= 0.6 is 23.1 Å². The first-order chi connectivity index (χ1) is 16.7. The van der Waals surface area contributed by atoms with E-state index >= 15 is 0 Å². The summed E-state index contributed by atoms with van der Waals surface area (Å²) >= 11 is 2.27. The van der Waals surface area contributed by atoms with E-state index < -0.39 is 9.73 Å². The summed E-state index contributed by atoms with van der Waals surface area (Å²) in [4.78, 5) is 12.9. The zero-order chi connectivity index (χ0) is 25.0. The lowest BCUT2D eigenvalue weighted by molar-refractivity contribution is -0.113. The van der Waals surface area contributed by atoms with E-state index in [9.17, 15) is 18.5 Å². The minimum atomic E-state index is -2.80. The van der Waals surface area contributed by atoms with E-state index in [1.54, 1.807) is 24.3 Å². The highest BCUT2D eigenvalue weighted by Gasteiger charge is 2.16. The molecule has 4 rings (SSSR count). The van der Waals surface area contributed by atoms with Crippen molar-refractivity contribution in [1.29, 1.82) is 4.78 Å². The fraction of sp³-hybridized carbons (Fsp3) is 0.0952. The van der Waals surface area contributed by atoms with Gasteiger partial charge in [0.1, 0.15) is 10.8 Å². The van der Waals surface area contributed by atoms with Crippen LogP contribution in [0.5, 0.6) is 0 Å². The molecule has 1 unspecified atom stereocenters. The Kier molecular flexibility index (Phi) is 7.23. The number of aliphatic hydroxyl groups excluding tert-OH is 1. The van der Waals surface area contributed by atoms with Gasteiger partial charge in [-0.2, -0.15) is 0 Å². The predicted molar refractivity (Wildman–Crippen MR) is 133 cm³/mol. The summed E-state index contributed by atoms with van der Waals surface area (Å²) in [6.45, 7) is 0. The van der Waals surface area contributed by atoms with Gasteiger partial charge in [0, 0.05) is 28.5 Å². The minimum Gasteiger partial charge on any atom is -0.514 e. The molecule has 0 aliphatic rings. The van der Waals surface area contributed by atoms with Crippen LogP contribution in [-0.4, -0.2) is 52.2 Å². The van der Waals surface area contributed by atoms with Crippen LogP contribution in [0.15, 0.2) is 64.8 Å². The third-order valence-electron chi connectivity index (χ3n) is 4.54. The lowest BCUT2D eigenvalue weighted by Gasteiger charge is -2.05. The van der Waals surface area contributed by atoms with Crippen molar-refractivity contribution in [2.24, 2.45) is 0 Å². The van der Waals surface area contributed by atoms with Gasteiger partial charge in [-0.15, -0.1) is 20.4 Å². The van der Waals surface area contributed by atoms with Crippen molar-refractivity contribution in [3.05, 3.63) is 60.6 Å². The van der Waals surface area contributed by atoms with Crippen LogP contribution in [-0.2, 0) is 14.5 Å². The molecule has 0 aliphatic heterocycles. The molecule has 0 saturated carbocycles. The third-order valence-corrected chi connectivity index (χ3v) is 7.54. The molecule has 0 aliphatic carbocycles. The van der Waals surface area contributed by atoms with Gasteiger partial charge in [0.2, 0.25) is 11.0 Å². The summed E-state index contributed by atoms with van der Waals surface area (Å²) in [5, 5.41) is 29.3. The Hall–Kier alpha value is -3.62. The van der Waals surface area contributed by atoms with Crippen molar-refractivity contribution in [2.75, 3.05) is 17.3 Å². The second-order valence-corrected chi connectivity index (χ2v) is 11.2. The summed E-state index contributed by atoms with van der Waals surface area (Å²) in [7, 11) is -2.80. The molecule has 35 heavy (non-hydrogen) atoms. The van der Waals surface area contributed by atoms with Crippen molar-refractivity contribution in [1.82, 2.24) is 25.0 Å². The van der Waals surface area contributed by atoms with Crippen molar-refractivity contribution in [2.45, 2.75) is 10.1 Å². The summed E-state index contributed by atoms with van der Waals surface area (Å²) in [5.41, 5.74) is 1.31. The molecular weight excluding hydrogens is 513 g/mol. The lowest BCUT2D eigenvalue weighted by Crippen LogP contribution is -2.14. The van der Waals surface area contributed by atoms with Crippen LogP contribution in [0.3, 0.4) is 0 Å². The zero-order valence-electron chi connectivity index (χ0n) is 18.1. The Morgan fingerprint density at radius 3 is 2.49 bits per heavy atom. The van der Waals surface area contributed by atoms with Crippen LogP contribution in [0.25, 0.3) is 28.2 Å². The molecule has 0 radical (unpaired) electrons. The highest BCUT2D eigenvalue weighted by Crippen LogP contribution is 2.28. The van der Waals surface area contributed by atoms with Crippen LogP contribution in [0.1, 0.15) is 0 Å². The number of carbonyl (C=O) groups excluding carboxylic acids is 1.